The molecule has 0 aliphatic rings. The van der Waals surface area contributed by atoms with Crippen molar-refractivity contribution >= 4 is 12.1 Å². The summed E-state index contributed by atoms with van der Waals surface area (Å²) in [4.78, 5) is 23.3. The molecule has 0 bridgehead atoms. The van der Waals surface area contributed by atoms with Crippen LogP contribution in [0.5, 0.6) is 0 Å². The lowest BCUT2D eigenvalue weighted by molar-refractivity contribution is -0.443. The van der Waals surface area contributed by atoms with Gasteiger partial charge in [0.2, 0.25) is 0 Å². The second-order valence-electron chi connectivity index (χ2n) is 7.34. The number of halogens is 13. The smallest absolute Gasteiger partial charge is 0.460 e. The second kappa shape index (κ2) is 9.83. The minimum Gasteiger partial charge on any atom is -0.464 e. The number of carbonyl (C=O) groups is 2. The van der Waals surface area contributed by atoms with E-state index in [9.17, 15) is 66.7 Å². The summed E-state index contributed by atoms with van der Waals surface area (Å²) in [5, 5.41) is 1.20. The average Bonchev–Trinajstić information content (AvgIpc) is 2.67. The third kappa shape index (κ3) is 5.39. The minimum absolute atomic E-state index is 0.179. The predicted molar refractivity (Wildman–Crippen MR) is 85.1 cm³/mol. The molecule has 0 saturated carbocycles. The molecular formula is C16H18F13NO4. The van der Waals surface area contributed by atoms with Crippen molar-refractivity contribution in [2.45, 2.75) is 62.6 Å². The zero-order chi connectivity index (χ0) is 27.7. The molecule has 0 heterocycles. The van der Waals surface area contributed by atoms with E-state index in [1.165, 1.54) is 19.2 Å². The van der Waals surface area contributed by atoms with Crippen LogP contribution in [0.2, 0.25) is 0 Å². The minimum atomic E-state index is -8.09. The van der Waals surface area contributed by atoms with Crippen LogP contribution in [-0.2, 0) is 14.3 Å². The van der Waals surface area contributed by atoms with E-state index in [1.54, 1.807) is 0 Å². The Balaban J connectivity index is 6.53. The molecule has 0 rings (SSSR count). The maximum atomic E-state index is 14.4. The molecule has 0 spiro atoms. The van der Waals surface area contributed by atoms with Gasteiger partial charge in [-0.2, -0.15) is 57.1 Å². The summed E-state index contributed by atoms with van der Waals surface area (Å²) in [5.74, 6) is -44.4. The lowest BCUT2D eigenvalue weighted by atomic mass is 9.84. The molecule has 0 aromatic heterocycles. The van der Waals surface area contributed by atoms with Crippen molar-refractivity contribution in [1.29, 1.82) is 0 Å². The van der Waals surface area contributed by atoms with E-state index in [0.29, 0.717) is 7.11 Å². The summed E-state index contributed by atoms with van der Waals surface area (Å²) in [6.07, 6.45) is -9.36. The van der Waals surface area contributed by atoms with Gasteiger partial charge in [0, 0.05) is 0 Å². The van der Waals surface area contributed by atoms with E-state index in [2.05, 4.69) is 9.47 Å². The maximum Gasteiger partial charge on any atom is 0.460 e. The zero-order valence-electron chi connectivity index (χ0n) is 17.5. The van der Waals surface area contributed by atoms with Crippen molar-refractivity contribution in [3.8, 4) is 0 Å². The number of alkyl halides is 13. The van der Waals surface area contributed by atoms with E-state index in [0.717, 1.165) is 0 Å². The number of rotatable bonds is 10. The number of alkyl carbamates (subject to hydrolysis) is 1. The van der Waals surface area contributed by atoms with Crippen molar-refractivity contribution in [2.75, 3.05) is 13.7 Å². The Kier molecular flexibility index (Phi) is 9.20. The first-order valence-electron chi connectivity index (χ1n) is 8.81. The molecule has 0 aromatic carbocycles. The Bertz CT molecular complexity index is 737. The van der Waals surface area contributed by atoms with Gasteiger partial charge in [-0.05, 0) is 5.92 Å². The Morgan fingerprint density at radius 1 is 0.735 bits per heavy atom. The lowest BCUT2D eigenvalue weighted by Crippen LogP contribution is -2.72. The van der Waals surface area contributed by atoms with Crippen molar-refractivity contribution in [2.24, 2.45) is 11.8 Å². The Morgan fingerprint density at radius 3 is 1.50 bits per heavy atom. The van der Waals surface area contributed by atoms with E-state index in [4.69, 9.17) is 0 Å². The molecule has 0 aromatic rings. The maximum absolute atomic E-state index is 14.4. The Labute approximate surface area is 182 Å². The fourth-order valence-electron chi connectivity index (χ4n) is 2.19. The summed E-state index contributed by atoms with van der Waals surface area (Å²) < 4.78 is 182. The first-order valence-corrected chi connectivity index (χ1v) is 8.81. The summed E-state index contributed by atoms with van der Waals surface area (Å²) in [5.41, 5.74) is 0. The van der Waals surface area contributed by atoms with Gasteiger partial charge in [-0.3, -0.25) is 0 Å². The van der Waals surface area contributed by atoms with Crippen LogP contribution in [0.4, 0.5) is 61.9 Å². The van der Waals surface area contributed by atoms with Crippen molar-refractivity contribution in [3.63, 3.8) is 0 Å². The lowest BCUT2D eigenvalue weighted by Gasteiger charge is -2.42. The van der Waals surface area contributed by atoms with Gasteiger partial charge in [-0.15, -0.1) is 0 Å². The van der Waals surface area contributed by atoms with Crippen LogP contribution >= 0.6 is 0 Å². The molecule has 0 saturated heterocycles. The highest BCUT2D eigenvalue weighted by atomic mass is 19.4. The molecular weight excluding hydrogens is 517 g/mol. The van der Waals surface area contributed by atoms with E-state index in [1.807, 2.05) is 0 Å². The van der Waals surface area contributed by atoms with E-state index >= 15 is 0 Å². The summed E-state index contributed by atoms with van der Waals surface area (Å²) in [7, 11) is 0.567. The molecule has 2 atom stereocenters. The van der Waals surface area contributed by atoms with Gasteiger partial charge in [0.1, 0.15) is 6.04 Å². The fraction of sp³-hybridized carbons (Fsp3) is 0.875. The highest BCUT2D eigenvalue weighted by Crippen LogP contribution is 2.61. The first kappa shape index (κ1) is 31.8. The second-order valence-corrected chi connectivity index (χ2v) is 7.34. The fourth-order valence-corrected chi connectivity index (χ4v) is 2.19. The number of hydrogen-bond donors (Lipinski definition) is 1. The zero-order valence-corrected chi connectivity index (χ0v) is 17.5. The van der Waals surface area contributed by atoms with E-state index < -0.39 is 72.3 Å². The SMILES string of the molecule is COC(=O)NC(C(=O)OCC(C)C)C(C)C(F)(F)C(F)(F)C(F)(F)C(F)(F)C(F)(F)C(F)(F)F. The van der Waals surface area contributed by atoms with Crippen LogP contribution in [0, 0.1) is 11.8 Å². The van der Waals surface area contributed by atoms with Gasteiger partial charge in [0.05, 0.1) is 19.6 Å². The molecule has 0 aliphatic carbocycles. The molecule has 0 fully saturated rings. The molecule has 0 aliphatic heterocycles. The van der Waals surface area contributed by atoms with Gasteiger partial charge in [0.25, 0.3) is 0 Å². The third-order valence-corrected chi connectivity index (χ3v) is 4.30. The van der Waals surface area contributed by atoms with Crippen LogP contribution in [0.15, 0.2) is 0 Å². The topological polar surface area (TPSA) is 64.6 Å². The number of methoxy groups -OCH3 is 1. The number of nitrogens with one attached hydrogen (secondary N) is 1. The van der Waals surface area contributed by atoms with Crippen LogP contribution in [0.3, 0.4) is 0 Å². The van der Waals surface area contributed by atoms with Crippen LogP contribution in [-0.4, -0.2) is 67.6 Å². The van der Waals surface area contributed by atoms with Gasteiger partial charge >= 0.3 is 47.9 Å². The third-order valence-electron chi connectivity index (χ3n) is 4.30. The highest BCUT2D eigenvalue weighted by molar-refractivity contribution is 5.81. The van der Waals surface area contributed by atoms with Crippen molar-refractivity contribution in [1.82, 2.24) is 5.32 Å². The monoisotopic (exact) mass is 535 g/mol. The van der Waals surface area contributed by atoms with Crippen molar-refractivity contribution in [3.05, 3.63) is 0 Å². The summed E-state index contributed by atoms with van der Waals surface area (Å²) >= 11 is 0. The van der Waals surface area contributed by atoms with Gasteiger partial charge in [-0.1, -0.05) is 20.8 Å². The highest BCUT2D eigenvalue weighted by Gasteiger charge is 2.91. The van der Waals surface area contributed by atoms with Gasteiger partial charge in [-0.25, -0.2) is 9.59 Å². The normalized spacial score (nSPS) is 16.2. The van der Waals surface area contributed by atoms with Crippen LogP contribution < -0.4 is 5.32 Å². The number of esters is 1. The summed E-state index contributed by atoms with van der Waals surface area (Å²) in [6.45, 7) is 1.97. The number of amides is 1. The molecule has 34 heavy (non-hydrogen) atoms. The molecule has 18 heteroatoms. The Morgan fingerprint density at radius 2 is 1.15 bits per heavy atom. The molecule has 202 valence electrons. The molecule has 2 unspecified atom stereocenters. The average molecular weight is 535 g/mol. The standard InChI is InChI=1S/C16H18F13NO4/c1-6(2)5-34-9(31)8(30-10(32)33-4)7(3)11(17,18)12(19,20)13(21,22)14(23,24)15(25,26)16(27,28)29/h6-8H,5H2,1-4H3,(H,30,32). The molecule has 0 radical (unpaired) electrons. The predicted octanol–water partition coefficient (Wildman–Crippen LogP) is 5.29. The number of carbonyl (C=O) groups excluding carboxylic acids is 2. The molecule has 1 amide bonds. The van der Waals surface area contributed by atoms with Crippen LogP contribution in [0.1, 0.15) is 20.8 Å². The molecule has 1 N–H and O–H groups in total. The van der Waals surface area contributed by atoms with Crippen molar-refractivity contribution < 1.29 is 76.1 Å². The van der Waals surface area contributed by atoms with Gasteiger partial charge in [0.15, 0.2) is 0 Å². The summed E-state index contributed by atoms with van der Waals surface area (Å²) in [6, 6.07) is -3.03. The quantitative estimate of drug-likeness (QED) is 0.305. The first-order chi connectivity index (χ1) is 14.8. The van der Waals surface area contributed by atoms with E-state index in [-0.39, 0.29) is 6.92 Å². The van der Waals surface area contributed by atoms with Crippen LogP contribution in [0.25, 0.3) is 0 Å². The van der Waals surface area contributed by atoms with Gasteiger partial charge < -0.3 is 14.8 Å². The largest absolute Gasteiger partial charge is 0.464 e. The Hall–Kier alpha value is -2.17. The number of ether oxygens (including phenoxy) is 2. The number of hydrogen-bond acceptors (Lipinski definition) is 4. The molecule has 5 nitrogen and oxygen atoms in total.